The molecule has 1 aliphatic heterocycles. The third-order valence-corrected chi connectivity index (χ3v) is 7.03. The van der Waals surface area contributed by atoms with Crippen molar-refractivity contribution >= 4 is 46.4 Å². The van der Waals surface area contributed by atoms with Gasteiger partial charge in [0.15, 0.2) is 0 Å². The van der Waals surface area contributed by atoms with Gasteiger partial charge >= 0.3 is 5.97 Å². The van der Waals surface area contributed by atoms with Crippen molar-refractivity contribution in [3.63, 3.8) is 0 Å². The summed E-state index contributed by atoms with van der Waals surface area (Å²) in [5, 5.41) is 16.0. The molecule has 10 nitrogen and oxygen atoms in total. The van der Waals surface area contributed by atoms with Crippen LogP contribution < -0.4 is 26.4 Å². The zero-order chi connectivity index (χ0) is 28.2. The van der Waals surface area contributed by atoms with Crippen LogP contribution in [0.2, 0.25) is 5.02 Å². The number of carboxylic acid groups (broad SMARTS) is 1. The Labute approximate surface area is 227 Å². The molecule has 0 radical (unpaired) electrons. The molecule has 200 valence electrons. The van der Waals surface area contributed by atoms with Gasteiger partial charge in [0.1, 0.15) is 34.3 Å². The van der Waals surface area contributed by atoms with E-state index in [0.717, 1.165) is 0 Å². The monoisotopic (exact) mass is 548 g/mol. The number of fused-ring (bicyclic) bond motifs is 1. The van der Waals surface area contributed by atoms with Crippen LogP contribution in [0.1, 0.15) is 64.6 Å². The first-order valence-corrected chi connectivity index (χ1v) is 12.5. The van der Waals surface area contributed by atoms with E-state index >= 15 is 0 Å². The second-order valence-electron chi connectivity index (χ2n) is 10.4. The van der Waals surface area contributed by atoms with Crippen LogP contribution in [0.15, 0.2) is 56.6 Å². The van der Waals surface area contributed by atoms with E-state index in [1.54, 1.807) is 6.07 Å². The van der Waals surface area contributed by atoms with Crippen molar-refractivity contribution in [3.05, 3.63) is 96.3 Å². The maximum atomic E-state index is 13.6. The quantitative estimate of drug-likeness (QED) is 0.271. The highest BCUT2D eigenvalue weighted by atomic mass is 35.5. The number of benzene rings is 1. The molecule has 5 rings (SSSR count). The fraction of sp³-hybridized carbons (Fsp3) is 0.250. The number of carboxylic acids is 1. The number of furan rings is 1. The molecular weight excluding hydrogens is 524 g/mol. The second-order valence-corrected chi connectivity index (χ2v) is 10.9. The van der Waals surface area contributed by atoms with Crippen LogP contribution in [0.25, 0.3) is 0 Å². The minimum atomic E-state index is -1.23. The molecule has 2 aromatic carbocycles. The van der Waals surface area contributed by atoms with Crippen molar-refractivity contribution < 1.29 is 19.1 Å². The summed E-state index contributed by atoms with van der Waals surface area (Å²) in [5.74, 6) is -0.467. The van der Waals surface area contributed by atoms with Crippen molar-refractivity contribution in [3.8, 4) is 0 Å². The lowest BCUT2D eigenvalue weighted by Crippen LogP contribution is -2.39. The number of aromatic nitrogens is 1. The molecule has 3 heterocycles. The predicted molar refractivity (Wildman–Crippen MR) is 147 cm³/mol. The predicted octanol–water partition coefficient (Wildman–Crippen LogP) is 5.03. The van der Waals surface area contributed by atoms with E-state index in [0.29, 0.717) is 22.1 Å². The van der Waals surface area contributed by atoms with Gasteiger partial charge in [-0.1, -0.05) is 32.4 Å². The number of halogens is 1. The summed E-state index contributed by atoms with van der Waals surface area (Å²) < 4.78 is 5.81. The molecule has 1 aliphatic rings. The van der Waals surface area contributed by atoms with Crippen molar-refractivity contribution in [1.82, 2.24) is 4.98 Å². The topological polar surface area (TPSA) is 142 Å². The highest BCUT2D eigenvalue weighted by Gasteiger charge is 2.37. The lowest BCUT2D eigenvalue weighted by Gasteiger charge is -2.31. The standard InChI is InChI=1S/C28H25ClN4O6/c1-13-7-10-18(39-13)24(28(2,3)4)32-21-20(22(34)23(21)35)31-17-9-8-16(29)15-12-33(26(36)19(15)17)25-14(27(37)38)6-5-11-30-25/h5-11,24,31-32H,12H2,1-4H3,(H,37,38)/t24-/m0/s1. The van der Waals surface area contributed by atoms with Gasteiger partial charge in [-0.15, -0.1) is 0 Å². The smallest absolute Gasteiger partial charge is 0.339 e. The van der Waals surface area contributed by atoms with Gasteiger partial charge in [-0.05, 0) is 48.7 Å². The molecule has 0 aliphatic carbocycles. The van der Waals surface area contributed by atoms with E-state index in [4.69, 9.17) is 16.0 Å². The Balaban J connectivity index is 1.51. The number of nitrogens with zero attached hydrogens (tertiary/aromatic N) is 2. The molecule has 0 unspecified atom stereocenters. The van der Waals surface area contributed by atoms with Gasteiger partial charge in [0.05, 0.1) is 23.8 Å². The Morgan fingerprint density at radius 1 is 1.10 bits per heavy atom. The molecule has 1 amide bonds. The maximum Gasteiger partial charge on any atom is 0.339 e. The van der Waals surface area contributed by atoms with Gasteiger partial charge in [-0.2, -0.15) is 0 Å². The van der Waals surface area contributed by atoms with Crippen LogP contribution in [-0.4, -0.2) is 22.0 Å². The van der Waals surface area contributed by atoms with Gasteiger partial charge in [-0.25, -0.2) is 9.78 Å². The first kappa shape index (κ1) is 26.2. The molecule has 2 aromatic heterocycles. The number of carbonyl (C=O) groups is 2. The lowest BCUT2D eigenvalue weighted by molar-refractivity contribution is 0.0697. The zero-order valence-electron chi connectivity index (χ0n) is 21.6. The Hall–Kier alpha value is -4.44. The lowest BCUT2D eigenvalue weighted by atomic mass is 9.85. The van der Waals surface area contributed by atoms with Crippen molar-refractivity contribution in [2.24, 2.45) is 5.41 Å². The fourth-order valence-corrected chi connectivity index (χ4v) is 4.91. The minimum Gasteiger partial charge on any atom is -0.478 e. The number of anilines is 4. The second kappa shape index (κ2) is 9.39. The Morgan fingerprint density at radius 2 is 1.82 bits per heavy atom. The molecular formula is C28H25ClN4O6. The maximum absolute atomic E-state index is 13.6. The highest BCUT2D eigenvalue weighted by molar-refractivity contribution is 6.33. The first-order chi connectivity index (χ1) is 18.4. The summed E-state index contributed by atoms with van der Waals surface area (Å²) in [7, 11) is 0. The molecule has 4 aromatic rings. The number of amides is 1. The molecule has 0 spiro atoms. The normalized spacial score (nSPS) is 14.0. The summed E-state index contributed by atoms with van der Waals surface area (Å²) >= 11 is 6.42. The van der Waals surface area contributed by atoms with E-state index in [1.165, 1.54) is 29.3 Å². The Kier molecular flexibility index (Phi) is 6.30. The van der Waals surface area contributed by atoms with Crippen LogP contribution >= 0.6 is 11.6 Å². The number of aromatic carboxylic acids is 1. The number of aryl methyl sites for hydroxylation is 1. The summed E-state index contributed by atoms with van der Waals surface area (Å²) in [6.07, 6.45) is 1.40. The number of hydrogen-bond acceptors (Lipinski definition) is 8. The van der Waals surface area contributed by atoms with Gasteiger partial charge in [-0.3, -0.25) is 19.3 Å². The van der Waals surface area contributed by atoms with Crippen molar-refractivity contribution in [2.75, 3.05) is 15.5 Å². The van der Waals surface area contributed by atoms with Crippen LogP contribution in [0, 0.1) is 12.3 Å². The molecule has 0 bridgehead atoms. The average molecular weight is 549 g/mol. The molecule has 0 saturated carbocycles. The summed E-state index contributed by atoms with van der Waals surface area (Å²) in [6, 6.07) is 9.14. The van der Waals surface area contributed by atoms with Crippen LogP contribution in [0.4, 0.5) is 22.9 Å². The molecule has 0 fully saturated rings. The first-order valence-electron chi connectivity index (χ1n) is 12.1. The van der Waals surface area contributed by atoms with Crippen LogP contribution in [0.3, 0.4) is 0 Å². The largest absolute Gasteiger partial charge is 0.478 e. The molecule has 3 N–H and O–H groups in total. The molecule has 0 saturated heterocycles. The SMILES string of the molecule is Cc1ccc([C@H](Nc2c(Nc3ccc(Cl)c4c3C(=O)N(c3ncccc3C(=O)O)C4)c(=O)c2=O)C(C)(C)C)o1. The Morgan fingerprint density at radius 3 is 2.46 bits per heavy atom. The fourth-order valence-electron chi connectivity index (χ4n) is 4.69. The average Bonchev–Trinajstić information content (AvgIpc) is 3.47. The molecule has 1 atom stereocenters. The van der Waals surface area contributed by atoms with Gasteiger partial charge in [0.2, 0.25) is 0 Å². The number of pyridine rings is 1. The van der Waals surface area contributed by atoms with Crippen molar-refractivity contribution in [1.29, 1.82) is 0 Å². The van der Waals surface area contributed by atoms with Gasteiger partial charge < -0.3 is 20.2 Å². The van der Waals surface area contributed by atoms with E-state index in [9.17, 15) is 24.3 Å². The minimum absolute atomic E-state index is 0.0114. The van der Waals surface area contributed by atoms with Gasteiger partial charge in [0.25, 0.3) is 16.8 Å². The molecule has 11 heteroatoms. The van der Waals surface area contributed by atoms with E-state index in [1.807, 2.05) is 39.8 Å². The molecule has 39 heavy (non-hydrogen) atoms. The number of rotatable bonds is 7. The van der Waals surface area contributed by atoms with Crippen LogP contribution in [-0.2, 0) is 6.54 Å². The number of hydrogen-bond donors (Lipinski definition) is 3. The van der Waals surface area contributed by atoms with E-state index in [-0.39, 0.29) is 46.0 Å². The van der Waals surface area contributed by atoms with Gasteiger partial charge in [0, 0.05) is 16.8 Å². The highest BCUT2D eigenvalue weighted by Crippen LogP contribution is 2.40. The third kappa shape index (κ3) is 4.46. The van der Waals surface area contributed by atoms with E-state index < -0.39 is 28.8 Å². The summed E-state index contributed by atoms with van der Waals surface area (Å²) in [5.41, 5.74) is -0.985. The van der Waals surface area contributed by atoms with E-state index in [2.05, 4.69) is 15.6 Å². The third-order valence-electron chi connectivity index (χ3n) is 6.67. The zero-order valence-corrected chi connectivity index (χ0v) is 22.3. The Bertz CT molecular complexity index is 1710. The summed E-state index contributed by atoms with van der Waals surface area (Å²) in [4.78, 5) is 56.0. The van der Waals surface area contributed by atoms with Crippen LogP contribution in [0.5, 0.6) is 0 Å². The van der Waals surface area contributed by atoms with Crippen molar-refractivity contribution in [2.45, 2.75) is 40.3 Å². The summed E-state index contributed by atoms with van der Waals surface area (Å²) in [6.45, 7) is 7.73. The number of nitrogens with one attached hydrogen (secondary N) is 2. The number of carbonyl (C=O) groups excluding carboxylic acids is 1.